The van der Waals surface area contributed by atoms with Crippen LogP contribution >= 0.6 is 14.3 Å². The second-order valence-electron chi connectivity index (χ2n) is 13.6. The van der Waals surface area contributed by atoms with Gasteiger partial charge in [0.2, 0.25) is 0 Å². The topological polar surface area (TPSA) is 52.6 Å². The molecule has 4 nitrogen and oxygen atoms in total. The van der Waals surface area contributed by atoms with E-state index in [1.54, 1.807) is 0 Å². The Hall–Kier alpha value is -4.62. The van der Waals surface area contributed by atoms with Crippen LogP contribution in [0.5, 0.6) is 11.5 Å². The van der Waals surface area contributed by atoms with Crippen molar-refractivity contribution >= 4 is 35.5 Å². The number of benzene rings is 6. The monoisotopic (exact) mass is 724 g/mol. The van der Waals surface area contributed by atoms with E-state index in [2.05, 4.69) is 24.3 Å². The lowest BCUT2D eigenvalue weighted by Crippen LogP contribution is -2.18. The van der Waals surface area contributed by atoms with Crippen molar-refractivity contribution in [3.8, 4) is 22.6 Å². The van der Waals surface area contributed by atoms with Crippen molar-refractivity contribution in [2.75, 3.05) is 13.2 Å². The van der Waals surface area contributed by atoms with Gasteiger partial charge in [-0.2, -0.15) is 0 Å². The Morgan fingerprint density at radius 2 is 0.692 bits per heavy atom. The summed E-state index contributed by atoms with van der Waals surface area (Å²) in [5.74, 6) is 1.54. The van der Waals surface area contributed by atoms with E-state index in [0.29, 0.717) is 25.5 Å². The maximum atomic E-state index is 15.5. The van der Waals surface area contributed by atoms with Crippen LogP contribution in [0, 0.1) is 0 Å². The Morgan fingerprint density at radius 3 is 1.02 bits per heavy atom. The van der Waals surface area contributed by atoms with Gasteiger partial charge in [0.25, 0.3) is 0 Å². The van der Waals surface area contributed by atoms with Crippen LogP contribution in [0.3, 0.4) is 0 Å². The first kappa shape index (κ1) is 35.8. The van der Waals surface area contributed by atoms with Gasteiger partial charge in [-0.05, 0) is 59.4 Å². The van der Waals surface area contributed by atoms with Gasteiger partial charge in [0.1, 0.15) is 25.8 Å². The first-order valence-electron chi connectivity index (χ1n) is 18.5. The van der Waals surface area contributed by atoms with Crippen LogP contribution < -0.4 is 30.7 Å². The molecule has 1 aliphatic heterocycles. The largest absolute Gasteiger partial charge is 0.494 e. The Labute approximate surface area is 308 Å². The van der Waals surface area contributed by atoms with Gasteiger partial charge in [0, 0.05) is 33.5 Å². The minimum absolute atomic E-state index is 0.316. The van der Waals surface area contributed by atoms with Gasteiger partial charge < -0.3 is 18.6 Å². The van der Waals surface area contributed by atoms with Crippen molar-refractivity contribution in [2.24, 2.45) is 0 Å². The molecule has 4 bridgehead atoms. The molecule has 0 spiro atoms. The fourth-order valence-electron chi connectivity index (χ4n) is 7.18. The highest BCUT2D eigenvalue weighted by molar-refractivity contribution is 7.78. The molecule has 1 aliphatic rings. The van der Waals surface area contributed by atoms with Crippen molar-refractivity contribution in [3.05, 3.63) is 169 Å². The molecule has 0 radical (unpaired) electrons. The van der Waals surface area contributed by atoms with E-state index in [9.17, 15) is 0 Å². The summed E-state index contributed by atoms with van der Waals surface area (Å²) in [6, 6.07) is 51.7. The van der Waals surface area contributed by atoms with Gasteiger partial charge in [-0.3, -0.25) is 0 Å². The van der Waals surface area contributed by atoms with E-state index in [1.807, 2.05) is 133 Å². The molecule has 6 aromatic rings. The van der Waals surface area contributed by atoms with E-state index in [4.69, 9.17) is 9.47 Å². The van der Waals surface area contributed by atoms with E-state index in [-0.39, 0.29) is 0 Å². The first-order chi connectivity index (χ1) is 25.5. The SMILES string of the molecule is O=P(Cc1ccc2cc1-c1cc(ccc1CP(=O)(c1ccccc1)c1ccccc1)OCCCCCCCCO2)(c1ccccc1)c1ccccc1. The van der Waals surface area contributed by atoms with Gasteiger partial charge in [0.05, 0.1) is 13.2 Å². The summed E-state index contributed by atoms with van der Waals surface area (Å²) in [4.78, 5) is 0. The molecule has 0 unspecified atom stereocenters. The molecule has 6 aromatic carbocycles. The molecule has 0 amide bonds. The minimum atomic E-state index is -3.14. The normalized spacial score (nSPS) is 14.2. The number of hydrogen-bond donors (Lipinski definition) is 0. The fraction of sp³-hybridized carbons (Fsp3) is 0.217. The fourth-order valence-corrected chi connectivity index (χ4v) is 12.6. The van der Waals surface area contributed by atoms with Crippen LogP contribution in [0.2, 0.25) is 0 Å². The van der Waals surface area contributed by atoms with Crippen molar-refractivity contribution in [1.82, 2.24) is 0 Å². The quantitative estimate of drug-likeness (QED) is 0.147. The third-order valence-electron chi connectivity index (χ3n) is 10.0. The molecule has 0 atom stereocenters. The zero-order valence-electron chi connectivity index (χ0n) is 29.6. The predicted molar refractivity (Wildman–Crippen MR) is 217 cm³/mol. The zero-order chi connectivity index (χ0) is 35.6. The number of fused-ring (bicyclic) bond motifs is 5. The van der Waals surface area contributed by atoms with Gasteiger partial charge >= 0.3 is 0 Å². The van der Waals surface area contributed by atoms with Gasteiger partial charge in [0.15, 0.2) is 0 Å². The highest BCUT2D eigenvalue weighted by atomic mass is 31.2. The molecule has 0 fully saturated rings. The Balaban J connectivity index is 1.41. The Bertz CT molecular complexity index is 1910. The maximum Gasteiger partial charge on any atom is 0.147 e. The summed E-state index contributed by atoms with van der Waals surface area (Å²) < 4.78 is 43.8. The van der Waals surface area contributed by atoms with Crippen LogP contribution in [-0.4, -0.2) is 13.2 Å². The molecule has 52 heavy (non-hydrogen) atoms. The molecule has 1 heterocycles. The van der Waals surface area contributed by atoms with Crippen molar-refractivity contribution in [3.63, 3.8) is 0 Å². The molecule has 0 aromatic heterocycles. The molecular weight excluding hydrogens is 678 g/mol. The summed E-state index contributed by atoms with van der Waals surface area (Å²) in [5, 5.41) is 3.27. The lowest BCUT2D eigenvalue weighted by atomic mass is 9.96. The van der Waals surface area contributed by atoms with Crippen molar-refractivity contribution in [2.45, 2.75) is 50.8 Å². The van der Waals surface area contributed by atoms with Gasteiger partial charge in [-0.1, -0.05) is 159 Å². The molecule has 0 N–H and O–H groups in total. The van der Waals surface area contributed by atoms with Crippen LogP contribution in [0.4, 0.5) is 0 Å². The second kappa shape index (κ2) is 16.8. The molecule has 264 valence electrons. The van der Waals surface area contributed by atoms with Gasteiger partial charge in [-0.25, -0.2) is 0 Å². The predicted octanol–water partition coefficient (Wildman–Crippen LogP) is 10.5. The summed E-state index contributed by atoms with van der Waals surface area (Å²) in [7, 11) is -6.28. The summed E-state index contributed by atoms with van der Waals surface area (Å²) >= 11 is 0. The summed E-state index contributed by atoms with van der Waals surface area (Å²) in [5.41, 5.74) is 3.73. The third kappa shape index (κ3) is 8.20. The van der Waals surface area contributed by atoms with Crippen LogP contribution in [-0.2, 0) is 21.5 Å². The highest BCUT2D eigenvalue weighted by Gasteiger charge is 2.32. The molecule has 0 saturated heterocycles. The van der Waals surface area contributed by atoms with Crippen LogP contribution in [0.25, 0.3) is 11.1 Å². The highest BCUT2D eigenvalue weighted by Crippen LogP contribution is 2.52. The average molecular weight is 725 g/mol. The molecule has 7 rings (SSSR count). The summed E-state index contributed by atoms with van der Waals surface area (Å²) in [6.07, 6.45) is 7.23. The zero-order valence-corrected chi connectivity index (χ0v) is 31.4. The summed E-state index contributed by atoms with van der Waals surface area (Å²) in [6.45, 7) is 1.27. The maximum absolute atomic E-state index is 15.5. The Kier molecular flexibility index (Phi) is 11.6. The molecule has 0 aliphatic carbocycles. The molecule has 0 saturated carbocycles. The lowest BCUT2D eigenvalue weighted by molar-refractivity contribution is 0.296. The van der Waals surface area contributed by atoms with Gasteiger partial charge in [-0.15, -0.1) is 0 Å². The van der Waals surface area contributed by atoms with E-state index >= 15 is 9.13 Å². The number of rotatable bonds is 8. The smallest absolute Gasteiger partial charge is 0.147 e. The third-order valence-corrected chi connectivity index (χ3v) is 16.1. The molecular formula is C46H46O4P2. The van der Waals surface area contributed by atoms with Crippen LogP contribution in [0.15, 0.2) is 158 Å². The Morgan fingerprint density at radius 1 is 0.385 bits per heavy atom. The standard InChI is InChI=1S/C46H46O4P2/c47-51(41-19-9-5-10-20-41,42-21-11-6-12-22-42)35-37-27-29-39-33-45(37)46-34-40(50-32-18-4-2-1-3-17-31-49-39)30-28-38(46)36-52(48,43-23-13-7-14-24-43)44-25-15-8-16-26-44/h5-16,19-30,33-34H,1-4,17-18,31-32,35-36H2. The van der Waals surface area contributed by atoms with Crippen molar-refractivity contribution < 1.29 is 18.6 Å². The minimum Gasteiger partial charge on any atom is -0.494 e. The number of hydrogen-bond acceptors (Lipinski definition) is 4. The second-order valence-corrected chi connectivity index (χ2v) is 19.3. The van der Waals surface area contributed by atoms with Crippen LogP contribution in [0.1, 0.15) is 49.7 Å². The first-order valence-corrected chi connectivity index (χ1v) is 22.2. The number of ether oxygens (including phenoxy) is 2. The van der Waals surface area contributed by atoms with Crippen molar-refractivity contribution in [1.29, 1.82) is 0 Å². The van der Waals surface area contributed by atoms with E-state index in [0.717, 1.165) is 80.7 Å². The van der Waals surface area contributed by atoms with E-state index < -0.39 is 14.3 Å². The van der Waals surface area contributed by atoms with E-state index in [1.165, 1.54) is 12.8 Å². The molecule has 6 heteroatoms. The lowest BCUT2D eigenvalue weighted by Gasteiger charge is -2.25. The average Bonchev–Trinajstić information content (AvgIpc) is 3.20.